The minimum Gasteiger partial charge on any atom is -0.463 e. The third kappa shape index (κ3) is 3.08. The van der Waals surface area contributed by atoms with Gasteiger partial charge in [0.1, 0.15) is 5.76 Å². The van der Waals surface area contributed by atoms with Crippen LogP contribution in [0.2, 0.25) is 0 Å². The van der Waals surface area contributed by atoms with Crippen LogP contribution in [-0.2, 0) is 14.3 Å². The van der Waals surface area contributed by atoms with Crippen LogP contribution in [0.3, 0.4) is 0 Å². The van der Waals surface area contributed by atoms with E-state index in [1.807, 2.05) is 0 Å². The van der Waals surface area contributed by atoms with Crippen LogP contribution in [0.15, 0.2) is 35.8 Å². The van der Waals surface area contributed by atoms with E-state index in [2.05, 4.69) is 25.7 Å². The van der Waals surface area contributed by atoms with Crippen LogP contribution in [0, 0.1) is 28.6 Å². The van der Waals surface area contributed by atoms with Crippen molar-refractivity contribution in [1.82, 2.24) is 0 Å². The van der Waals surface area contributed by atoms with Gasteiger partial charge in [0.15, 0.2) is 5.60 Å². The van der Waals surface area contributed by atoms with Gasteiger partial charge in [-0.2, -0.15) is 0 Å². The van der Waals surface area contributed by atoms with Crippen LogP contribution in [0.1, 0.15) is 90.9 Å². The summed E-state index contributed by atoms with van der Waals surface area (Å²) in [5, 5.41) is 10.6. The average Bonchev–Trinajstić information content (AvgIpc) is 3.39. The topological polar surface area (TPSA) is 55.8 Å². The molecular formula is C28H40O4. The molecule has 5 rings (SSSR count). The molecule has 4 nitrogen and oxygen atoms in total. The van der Waals surface area contributed by atoms with Crippen LogP contribution in [-0.4, -0.2) is 23.3 Å². The minimum absolute atomic E-state index is 0.0165. The maximum atomic E-state index is 12.4. The van der Waals surface area contributed by atoms with Gasteiger partial charge < -0.3 is 14.6 Å². The van der Waals surface area contributed by atoms with Crippen molar-refractivity contribution in [2.24, 2.45) is 28.6 Å². The van der Waals surface area contributed by atoms with Crippen molar-refractivity contribution in [3.8, 4) is 0 Å². The van der Waals surface area contributed by atoms with Gasteiger partial charge in [-0.1, -0.05) is 25.2 Å². The smallest absolute Gasteiger partial charge is 0.303 e. The Morgan fingerprint density at radius 2 is 1.88 bits per heavy atom. The van der Waals surface area contributed by atoms with E-state index in [9.17, 15) is 9.90 Å². The molecular weight excluding hydrogens is 400 g/mol. The van der Waals surface area contributed by atoms with Crippen molar-refractivity contribution in [3.05, 3.63) is 35.8 Å². The zero-order valence-corrected chi connectivity index (χ0v) is 20.0. The van der Waals surface area contributed by atoms with Gasteiger partial charge in [0.05, 0.1) is 12.4 Å². The van der Waals surface area contributed by atoms with Gasteiger partial charge in [0.2, 0.25) is 0 Å². The van der Waals surface area contributed by atoms with Crippen LogP contribution >= 0.6 is 0 Å². The van der Waals surface area contributed by atoms with E-state index in [-0.39, 0.29) is 23.4 Å². The zero-order valence-electron chi connectivity index (χ0n) is 20.0. The normalized spacial score (nSPS) is 42.8. The van der Waals surface area contributed by atoms with Gasteiger partial charge in [-0.25, -0.2) is 0 Å². The van der Waals surface area contributed by atoms with Gasteiger partial charge in [0, 0.05) is 24.2 Å². The highest BCUT2D eigenvalue weighted by atomic mass is 16.6. The second-order valence-corrected chi connectivity index (χ2v) is 11.4. The number of aliphatic hydroxyl groups is 1. The predicted molar refractivity (Wildman–Crippen MR) is 124 cm³/mol. The lowest BCUT2D eigenvalue weighted by molar-refractivity contribution is -0.181. The van der Waals surface area contributed by atoms with Gasteiger partial charge in [-0.3, -0.25) is 4.79 Å². The van der Waals surface area contributed by atoms with Gasteiger partial charge in [-0.15, -0.1) is 0 Å². The zero-order chi connectivity index (χ0) is 22.6. The first kappa shape index (κ1) is 22.3. The Hall–Kier alpha value is -1.55. The summed E-state index contributed by atoms with van der Waals surface area (Å²) in [6.45, 7) is 8.51. The Labute approximate surface area is 193 Å². The van der Waals surface area contributed by atoms with Gasteiger partial charge >= 0.3 is 5.97 Å². The number of carbonyl (C=O) groups is 1. The van der Waals surface area contributed by atoms with E-state index < -0.39 is 5.60 Å². The lowest BCUT2D eigenvalue weighted by Gasteiger charge is -2.60. The predicted octanol–water partition coefficient (Wildman–Crippen LogP) is 6.21. The molecule has 0 heterocycles. The van der Waals surface area contributed by atoms with Crippen molar-refractivity contribution >= 4 is 5.97 Å². The van der Waals surface area contributed by atoms with Crippen molar-refractivity contribution in [1.29, 1.82) is 0 Å². The molecule has 0 bridgehead atoms. The highest BCUT2D eigenvalue weighted by Gasteiger charge is 2.68. The maximum Gasteiger partial charge on any atom is 0.303 e. The standard InChI is InChI=1S/C28H40O4/c1-19(31-22-9-4-5-10-22)28(32-20(2)30)17-14-24-23-12-11-21-8-6-7-15-27(21,18-29)25(23)13-16-26(24,28)3/h8-9,23-25,29H,1,4-7,10-18H2,2-3H3/t23-,24-,25-,26-,27+,28+/m0/s1. The molecule has 0 saturated heterocycles. The van der Waals surface area contributed by atoms with E-state index >= 15 is 0 Å². The van der Waals surface area contributed by atoms with Crippen LogP contribution in [0.25, 0.3) is 0 Å². The summed E-state index contributed by atoms with van der Waals surface area (Å²) in [6, 6.07) is 0. The second kappa shape index (κ2) is 8.04. The van der Waals surface area contributed by atoms with E-state index in [1.54, 1.807) is 0 Å². The van der Waals surface area contributed by atoms with E-state index in [1.165, 1.54) is 25.3 Å². The summed E-state index contributed by atoms with van der Waals surface area (Å²) in [5.74, 6) is 2.93. The second-order valence-electron chi connectivity index (χ2n) is 11.4. The monoisotopic (exact) mass is 440 g/mol. The largest absolute Gasteiger partial charge is 0.463 e. The molecule has 0 aromatic rings. The summed E-state index contributed by atoms with van der Waals surface area (Å²) < 4.78 is 12.5. The van der Waals surface area contributed by atoms with Crippen LogP contribution in [0.5, 0.6) is 0 Å². The maximum absolute atomic E-state index is 12.4. The number of fused-ring (bicyclic) bond motifs is 5. The highest BCUT2D eigenvalue weighted by Crippen LogP contribution is 2.69. The number of allylic oxidation sites excluding steroid dienone is 3. The van der Waals surface area contributed by atoms with E-state index in [0.717, 1.165) is 70.0 Å². The molecule has 176 valence electrons. The Morgan fingerprint density at radius 3 is 2.59 bits per heavy atom. The average molecular weight is 441 g/mol. The molecule has 0 aromatic carbocycles. The summed E-state index contributed by atoms with van der Waals surface area (Å²) >= 11 is 0. The Balaban J connectivity index is 1.48. The molecule has 3 saturated carbocycles. The minimum atomic E-state index is -0.757. The molecule has 0 aromatic heterocycles. The summed E-state index contributed by atoms with van der Waals surface area (Å²) in [4.78, 5) is 12.4. The number of carbonyl (C=O) groups excluding carboxylic acids is 1. The molecule has 6 atom stereocenters. The first-order valence-corrected chi connectivity index (χ1v) is 12.9. The van der Waals surface area contributed by atoms with Gasteiger partial charge in [-0.05, 0) is 94.5 Å². The Morgan fingerprint density at radius 1 is 1.09 bits per heavy atom. The van der Waals surface area contributed by atoms with Crippen molar-refractivity contribution in [2.75, 3.05) is 6.61 Å². The Bertz CT molecular complexity index is 855. The number of ether oxygens (including phenoxy) is 2. The van der Waals surface area contributed by atoms with Crippen molar-refractivity contribution in [3.63, 3.8) is 0 Å². The number of hydrogen-bond acceptors (Lipinski definition) is 4. The Kier molecular flexibility index (Phi) is 5.59. The molecule has 5 aliphatic carbocycles. The quantitative estimate of drug-likeness (QED) is 0.314. The first-order valence-electron chi connectivity index (χ1n) is 12.9. The number of rotatable bonds is 5. The fraction of sp³-hybridized carbons (Fsp3) is 0.750. The van der Waals surface area contributed by atoms with Crippen LogP contribution in [0.4, 0.5) is 0 Å². The van der Waals surface area contributed by atoms with E-state index in [0.29, 0.717) is 23.5 Å². The number of hydrogen-bond donors (Lipinski definition) is 1. The first-order chi connectivity index (χ1) is 15.4. The third-order valence-corrected chi connectivity index (χ3v) is 10.2. The molecule has 0 amide bonds. The molecule has 0 aliphatic heterocycles. The van der Waals surface area contributed by atoms with Crippen molar-refractivity contribution < 1.29 is 19.4 Å². The fourth-order valence-electron chi connectivity index (χ4n) is 8.73. The summed E-state index contributed by atoms with van der Waals surface area (Å²) in [7, 11) is 0. The summed E-state index contributed by atoms with van der Waals surface area (Å²) in [6.07, 6.45) is 17.4. The van der Waals surface area contributed by atoms with Gasteiger partial charge in [0.25, 0.3) is 0 Å². The number of esters is 1. The molecule has 0 unspecified atom stereocenters. The molecule has 32 heavy (non-hydrogen) atoms. The highest BCUT2D eigenvalue weighted by molar-refractivity contribution is 5.67. The van der Waals surface area contributed by atoms with E-state index in [4.69, 9.17) is 9.47 Å². The molecule has 0 radical (unpaired) electrons. The number of aliphatic hydroxyl groups excluding tert-OH is 1. The molecule has 5 aliphatic rings. The van der Waals surface area contributed by atoms with Crippen LogP contribution < -0.4 is 0 Å². The van der Waals surface area contributed by atoms with Crippen molar-refractivity contribution in [2.45, 2.75) is 96.5 Å². The lowest BCUT2D eigenvalue weighted by Crippen LogP contribution is -2.57. The molecule has 1 N–H and O–H groups in total. The third-order valence-electron chi connectivity index (χ3n) is 10.2. The fourth-order valence-corrected chi connectivity index (χ4v) is 8.73. The molecule has 4 heteroatoms. The molecule has 3 fully saturated rings. The molecule has 0 spiro atoms. The lowest BCUT2D eigenvalue weighted by atomic mass is 9.46. The summed E-state index contributed by atoms with van der Waals surface area (Å²) in [5.41, 5.74) is 0.577. The SMILES string of the molecule is C=C(OC1=CCCC1)[C@]1(OC(C)=O)CC[C@H]2[C@@H]3CCC4=CCCC[C@]4(CO)[C@H]3CC[C@@]21C.